The summed E-state index contributed by atoms with van der Waals surface area (Å²) >= 11 is 0. The fourth-order valence-corrected chi connectivity index (χ4v) is 0.142. The minimum atomic E-state index is -4.74. The van der Waals surface area contributed by atoms with Gasteiger partial charge >= 0.3 is 12.1 Å². The summed E-state index contributed by atoms with van der Waals surface area (Å²) in [5.41, 5.74) is 0. The van der Waals surface area contributed by atoms with E-state index in [0.717, 1.165) is 7.05 Å². The molecule has 0 rings (SSSR count). The molecule has 0 fully saturated rings. The van der Waals surface area contributed by atoms with E-state index in [0.29, 0.717) is 0 Å². The van der Waals surface area contributed by atoms with Crippen molar-refractivity contribution in [3.63, 3.8) is 0 Å². The molecule has 0 saturated carbocycles. The van der Waals surface area contributed by atoms with Gasteiger partial charge in [0.05, 0.1) is 0 Å². The van der Waals surface area contributed by atoms with Crippen LogP contribution in [0.15, 0.2) is 0 Å². The molecule has 0 saturated heterocycles. The second kappa shape index (κ2) is 3.55. The molecule has 0 aliphatic rings. The fourth-order valence-electron chi connectivity index (χ4n) is 0.142. The van der Waals surface area contributed by atoms with Gasteiger partial charge in [-0.2, -0.15) is 13.2 Å². The van der Waals surface area contributed by atoms with Gasteiger partial charge in [-0.3, -0.25) is 4.79 Å². The molecule has 9 heavy (non-hydrogen) atoms. The van der Waals surface area contributed by atoms with Crippen molar-refractivity contribution in [1.29, 1.82) is 0 Å². The molecule has 0 unspecified atom stereocenters. The first-order valence-electron chi connectivity index (χ1n) is 1.77. The third-order valence-corrected chi connectivity index (χ3v) is 0.485. The van der Waals surface area contributed by atoms with Crippen molar-refractivity contribution >= 4 is 18.3 Å². The Hall–Kier alpha value is -0.450. The minimum absolute atomic E-state index is 0. The highest BCUT2D eigenvalue weighted by Crippen LogP contribution is 2.13. The largest absolute Gasteiger partial charge is 0.471 e. The Morgan fingerprint density at radius 3 is 1.78 bits per heavy atom. The van der Waals surface area contributed by atoms with Crippen LogP contribution in [0.5, 0.6) is 0 Å². The highest BCUT2D eigenvalue weighted by molar-refractivity contribution is 5.85. The second-order valence-corrected chi connectivity index (χ2v) is 1.08. The lowest BCUT2D eigenvalue weighted by atomic mass is 10.6. The Kier molecular flexibility index (Phi) is 4.48. The van der Waals surface area contributed by atoms with Gasteiger partial charge in [-0.25, -0.2) is 0 Å². The van der Waals surface area contributed by atoms with Gasteiger partial charge < -0.3 is 5.32 Å². The number of alkyl halides is 3. The molecule has 0 aliphatic heterocycles. The molecule has 0 radical (unpaired) electrons. The van der Waals surface area contributed by atoms with Gasteiger partial charge in [0.15, 0.2) is 0 Å². The van der Waals surface area contributed by atoms with E-state index >= 15 is 0 Å². The number of carbonyl (C=O) groups is 1. The Bertz CT molecular complexity index is 102. The summed E-state index contributed by atoms with van der Waals surface area (Å²) in [5.74, 6) is -1.92. The van der Waals surface area contributed by atoms with Crippen molar-refractivity contribution in [3.8, 4) is 0 Å². The van der Waals surface area contributed by atoms with Crippen LogP contribution in [0.25, 0.3) is 0 Å². The second-order valence-electron chi connectivity index (χ2n) is 1.08. The lowest BCUT2D eigenvalue weighted by molar-refractivity contribution is -0.172. The van der Waals surface area contributed by atoms with Gasteiger partial charge in [0, 0.05) is 7.05 Å². The lowest BCUT2D eigenvalue weighted by Crippen LogP contribution is -2.33. The smallest absolute Gasteiger partial charge is 0.351 e. The molecule has 1 amide bonds. The van der Waals surface area contributed by atoms with E-state index in [1.807, 2.05) is 0 Å². The quantitative estimate of drug-likeness (QED) is 0.560. The van der Waals surface area contributed by atoms with E-state index < -0.39 is 12.1 Å². The maximum atomic E-state index is 11.0. The summed E-state index contributed by atoms with van der Waals surface area (Å²) in [7, 11) is 0.926. The predicted octanol–water partition coefficient (Wildman–Crippen LogP) is 0.716. The van der Waals surface area contributed by atoms with E-state index in [4.69, 9.17) is 0 Å². The maximum absolute atomic E-state index is 11.0. The van der Waals surface area contributed by atoms with Crippen molar-refractivity contribution < 1.29 is 18.0 Å². The van der Waals surface area contributed by atoms with Crippen LogP contribution in [0.1, 0.15) is 0 Å². The molecule has 1 N–H and O–H groups in total. The van der Waals surface area contributed by atoms with Crippen LogP contribution in [-0.4, -0.2) is 19.1 Å². The molecule has 0 spiro atoms. The van der Waals surface area contributed by atoms with Gasteiger partial charge in [-0.15, -0.1) is 12.4 Å². The van der Waals surface area contributed by atoms with E-state index in [-0.39, 0.29) is 12.4 Å². The van der Waals surface area contributed by atoms with Crippen molar-refractivity contribution in [3.05, 3.63) is 0 Å². The monoisotopic (exact) mass is 163 g/mol. The number of hydrogen-bond acceptors (Lipinski definition) is 1. The van der Waals surface area contributed by atoms with E-state index in [2.05, 4.69) is 0 Å². The summed E-state index contributed by atoms with van der Waals surface area (Å²) in [5, 5.41) is 1.44. The third-order valence-electron chi connectivity index (χ3n) is 0.485. The van der Waals surface area contributed by atoms with Crippen LogP contribution in [0.4, 0.5) is 13.2 Å². The van der Waals surface area contributed by atoms with Crippen molar-refractivity contribution in [2.75, 3.05) is 7.05 Å². The van der Waals surface area contributed by atoms with Gasteiger partial charge in [0.2, 0.25) is 0 Å². The third kappa shape index (κ3) is 4.08. The van der Waals surface area contributed by atoms with Gasteiger partial charge in [0.1, 0.15) is 0 Å². The van der Waals surface area contributed by atoms with E-state index in [9.17, 15) is 18.0 Å². The number of nitrogens with one attached hydrogen (secondary N) is 1. The Labute approximate surface area is 55.8 Å². The van der Waals surface area contributed by atoms with Crippen molar-refractivity contribution in [1.82, 2.24) is 5.32 Å². The van der Waals surface area contributed by atoms with Crippen LogP contribution < -0.4 is 5.32 Å². The van der Waals surface area contributed by atoms with Crippen LogP contribution in [0.2, 0.25) is 0 Å². The topological polar surface area (TPSA) is 29.1 Å². The lowest BCUT2D eigenvalue weighted by Gasteiger charge is -2.00. The zero-order chi connectivity index (χ0) is 6.78. The highest BCUT2D eigenvalue weighted by Gasteiger charge is 2.37. The molecule has 0 heterocycles. The molecule has 0 atom stereocenters. The summed E-state index contributed by atoms with van der Waals surface area (Å²) in [6, 6.07) is 0. The first-order valence-corrected chi connectivity index (χ1v) is 1.77. The van der Waals surface area contributed by atoms with Gasteiger partial charge in [0.25, 0.3) is 0 Å². The van der Waals surface area contributed by atoms with Gasteiger partial charge in [-0.05, 0) is 0 Å². The predicted molar refractivity (Wildman–Crippen MR) is 27.4 cm³/mol. The molecule has 0 aromatic rings. The van der Waals surface area contributed by atoms with Gasteiger partial charge in [-0.1, -0.05) is 0 Å². The summed E-state index contributed by atoms with van der Waals surface area (Å²) in [6.45, 7) is 0. The molecule has 0 aliphatic carbocycles. The highest BCUT2D eigenvalue weighted by atomic mass is 35.5. The number of halogens is 4. The summed E-state index contributed by atoms with van der Waals surface area (Å²) in [4.78, 5) is 9.60. The summed E-state index contributed by atoms with van der Waals surface area (Å²) < 4.78 is 33.1. The average molecular weight is 164 g/mol. The molecule has 6 heteroatoms. The van der Waals surface area contributed by atoms with Crippen LogP contribution in [0.3, 0.4) is 0 Å². The SMILES string of the molecule is CNC(=O)C(F)(F)F.Cl. The number of carbonyl (C=O) groups excluding carboxylic acids is 1. The van der Waals surface area contributed by atoms with Crippen LogP contribution in [0, 0.1) is 0 Å². The standard InChI is InChI=1S/C3H4F3NO.ClH/c1-7-2(8)3(4,5)6;/h1H3,(H,7,8);1H. The van der Waals surface area contributed by atoms with Crippen LogP contribution >= 0.6 is 12.4 Å². The van der Waals surface area contributed by atoms with E-state index in [1.54, 1.807) is 0 Å². The first kappa shape index (κ1) is 11.4. The molecular formula is C3H5ClF3NO. The molecule has 56 valence electrons. The van der Waals surface area contributed by atoms with Crippen LogP contribution in [-0.2, 0) is 4.79 Å². The molecule has 0 aromatic heterocycles. The average Bonchev–Trinajstić information content (AvgIpc) is 1.62. The van der Waals surface area contributed by atoms with Crippen molar-refractivity contribution in [2.45, 2.75) is 6.18 Å². The number of amides is 1. The molecule has 2 nitrogen and oxygen atoms in total. The Balaban J connectivity index is 0. The van der Waals surface area contributed by atoms with Crippen molar-refractivity contribution in [2.24, 2.45) is 0 Å². The summed E-state index contributed by atoms with van der Waals surface area (Å²) in [6.07, 6.45) is -4.74. The zero-order valence-electron chi connectivity index (χ0n) is 4.45. The zero-order valence-corrected chi connectivity index (χ0v) is 5.27. The fraction of sp³-hybridized carbons (Fsp3) is 0.667. The minimum Gasteiger partial charge on any atom is -0.351 e. The van der Waals surface area contributed by atoms with E-state index in [1.165, 1.54) is 5.32 Å². The molecule has 0 bridgehead atoms. The Morgan fingerprint density at radius 1 is 1.44 bits per heavy atom. The molecular weight excluding hydrogens is 158 g/mol. The number of hydrogen-bond donors (Lipinski definition) is 1. The first-order chi connectivity index (χ1) is 3.48. The molecule has 0 aromatic carbocycles. The Morgan fingerprint density at radius 2 is 1.78 bits per heavy atom. The maximum Gasteiger partial charge on any atom is 0.471 e. The number of rotatable bonds is 0. The normalized spacial score (nSPS) is 9.78.